The van der Waals surface area contributed by atoms with Crippen molar-refractivity contribution in [2.75, 3.05) is 4.90 Å². The first-order valence-electron chi connectivity index (χ1n) is 20.9. The van der Waals surface area contributed by atoms with Crippen LogP contribution >= 0.6 is 11.3 Å². The van der Waals surface area contributed by atoms with Gasteiger partial charge in [-0.1, -0.05) is 161 Å². The Morgan fingerprint density at radius 2 is 0.933 bits per heavy atom. The zero-order valence-electron chi connectivity index (χ0n) is 34.1. The van der Waals surface area contributed by atoms with Crippen LogP contribution in [0.15, 0.2) is 182 Å². The van der Waals surface area contributed by atoms with E-state index in [9.17, 15) is 0 Å². The highest BCUT2D eigenvalue weighted by atomic mass is 32.1. The largest absolute Gasteiger partial charge is 0.310 e. The van der Waals surface area contributed by atoms with Crippen LogP contribution in [0.4, 0.5) is 17.1 Å². The SMILES string of the molecule is CC1(C)c2ccccc2-c2ccc(N(c3ccc(-c4ccc5ccc6ccc7sc(-c8ccccc8)nc7c6c5c4)cc3)c3ccc4c(c3)C(C)(C)c3ccccc3-4)cc21. The molecule has 2 nitrogen and oxygen atoms in total. The molecule has 0 amide bonds. The Bertz CT molecular complexity index is 3260. The summed E-state index contributed by atoms with van der Waals surface area (Å²) in [6.45, 7) is 9.46. The second-order valence-electron chi connectivity index (χ2n) is 17.6. The number of hydrogen-bond donors (Lipinski definition) is 0. The normalized spacial score (nSPS) is 14.3. The Kier molecular flexibility index (Phi) is 7.53. The van der Waals surface area contributed by atoms with Gasteiger partial charge in [0.15, 0.2) is 0 Å². The molecule has 0 saturated carbocycles. The Labute approximate surface area is 355 Å². The molecule has 0 unspecified atom stereocenters. The van der Waals surface area contributed by atoms with E-state index >= 15 is 0 Å². The maximum Gasteiger partial charge on any atom is 0.124 e. The maximum absolute atomic E-state index is 5.25. The molecule has 1 heterocycles. The van der Waals surface area contributed by atoms with Crippen molar-refractivity contribution < 1.29 is 0 Å². The molecule has 60 heavy (non-hydrogen) atoms. The Morgan fingerprint density at radius 3 is 1.58 bits per heavy atom. The lowest BCUT2D eigenvalue weighted by Crippen LogP contribution is -2.18. The number of rotatable bonds is 5. The highest BCUT2D eigenvalue weighted by molar-refractivity contribution is 7.21. The predicted molar refractivity (Wildman–Crippen MR) is 255 cm³/mol. The fraction of sp³-hybridized carbons (Fsp3) is 0.105. The van der Waals surface area contributed by atoms with Crippen molar-refractivity contribution in [3.8, 4) is 44.0 Å². The third-order valence-corrected chi connectivity index (χ3v) is 14.6. The minimum absolute atomic E-state index is 0.105. The number of hydrogen-bond acceptors (Lipinski definition) is 3. The zero-order valence-corrected chi connectivity index (χ0v) is 34.9. The van der Waals surface area contributed by atoms with Gasteiger partial charge in [0.05, 0.1) is 10.2 Å². The van der Waals surface area contributed by atoms with Crippen LogP contribution in [0, 0.1) is 0 Å². The summed E-state index contributed by atoms with van der Waals surface area (Å²) in [5.74, 6) is 0. The van der Waals surface area contributed by atoms with Gasteiger partial charge >= 0.3 is 0 Å². The molecule has 2 aliphatic rings. The molecule has 0 N–H and O–H groups in total. The summed E-state index contributed by atoms with van der Waals surface area (Å²) < 4.78 is 1.21. The minimum Gasteiger partial charge on any atom is -0.310 e. The summed E-state index contributed by atoms with van der Waals surface area (Å²) in [4.78, 5) is 7.71. The lowest BCUT2D eigenvalue weighted by Gasteiger charge is -2.30. The molecule has 0 aliphatic heterocycles. The van der Waals surface area contributed by atoms with Crippen molar-refractivity contribution in [2.24, 2.45) is 0 Å². The summed E-state index contributed by atoms with van der Waals surface area (Å²) in [6.07, 6.45) is 0. The highest BCUT2D eigenvalue weighted by Crippen LogP contribution is 2.53. The van der Waals surface area contributed by atoms with Gasteiger partial charge in [-0.05, 0) is 120 Å². The summed E-state index contributed by atoms with van der Waals surface area (Å²) in [6, 6.07) is 67.6. The van der Waals surface area contributed by atoms with Crippen LogP contribution in [0.3, 0.4) is 0 Å². The van der Waals surface area contributed by atoms with Crippen LogP contribution in [0.5, 0.6) is 0 Å². The Morgan fingerprint density at radius 1 is 0.417 bits per heavy atom. The highest BCUT2D eigenvalue weighted by Gasteiger charge is 2.37. The maximum atomic E-state index is 5.25. The van der Waals surface area contributed by atoms with Gasteiger partial charge in [0.1, 0.15) is 5.01 Å². The van der Waals surface area contributed by atoms with Gasteiger partial charge in [0.25, 0.3) is 0 Å². The van der Waals surface area contributed by atoms with Gasteiger partial charge in [-0.15, -0.1) is 11.3 Å². The van der Waals surface area contributed by atoms with Crippen LogP contribution in [0.2, 0.25) is 0 Å². The van der Waals surface area contributed by atoms with Gasteiger partial charge in [-0.2, -0.15) is 0 Å². The Balaban J connectivity index is 0.986. The molecule has 0 atom stereocenters. The summed E-state index contributed by atoms with van der Waals surface area (Å²) in [7, 11) is 0. The number of aromatic nitrogens is 1. The van der Waals surface area contributed by atoms with E-state index in [1.54, 1.807) is 11.3 Å². The van der Waals surface area contributed by atoms with E-state index in [2.05, 4.69) is 215 Å². The molecule has 2 aliphatic carbocycles. The molecule has 10 aromatic rings. The first-order chi connectivity index (χ1) is 29.2. The second-order valence-corrected chi connectivity index (χ2v) is 18.6. The van der Waals surface area contributed by atoms with Crippen LogP contribution in [0.25, 0.3) is 75.7 Å². The van der Waals surface area contributed by atoms with E-state index in [0.717, 1.165) is 33.1 Å². The average molecular weight is 787 g/mol. The third kappa shape index (κ3) is 5.15. The quantitative estimate of drug-likeness (QED) is 0.162. The second kappa shape index (κ2) is 12.8. The fourth-order valence-corrected chi connectivity index (χ4v) is 11.3. The van der Waals surface area contributed by atoms with E-state index in [1.165, 1.54) is 81.9 Å². The van der Waals surface area contributed by atoms with Crippen molar-refractivity contribution in [2.45, 2.75) is 38.5 Å². The van der Waals surface area contributed by atoms with Crippen LogP contribution < -0.4 is 4.90 Å². The minimum atomic E-state index is -0.105. The average Bonchev–Trinajstić information content (AvgIpc) is 3.90. The molecule has 0 bridgehead atoms. The van der Waals surface area contributed by atoms with Crippen LogP contribution in [0.1, 0.15) is 49.9 Å². The van der Waals surface area contributed by atoms with Gasteiger partial charge in [-0.25, -0.2) is 4.98 Å². The van der Waals surface area contributed by atoms with E-state index in [1.807, 2.05) is 0 Å². The molecule has 0 fully saturated rings. The number of thiazole rings is 1. The summed E-state index contributed by atoms with van der Waals surface area (Å²) in [5, 5.41) is 5.94. The van der Waals surface area contributed by atoms with Crippen molar-refractivity contribution in [1.29, 1.82) is 0 Å². The monoisotopic (exact) mass is 786 g/mol. The smallest absolute Gasteiger partial charge is 0.124 e. The van der Waals surface area contributed by atoms with E-state index in [4.69, 9.17) is 4.98 Å². The van der Waals surface area contributed by atoms with Gasteiger partial charge in [0.2, 0.25) is 0 Å². The number of anilines is 3. The van der Waals surface area contributed by atoms with Gasteiger partial charge in [0, 0.05) is 38.8 Å². The standard InChI is InChI=1S/C57H42N2S/c1-56(2)48-16-10-8-14-43(48)45-29-27-41(33-50(45)56)59(42-28-30-46-44-15-9-11-17-49(44)57(3,4)51(46)34-42)40-25-22-35(23-26-40)39-21-19-36-18-20-37-24-31-52-54(53(37)47(36)32-39)58-55(60-52)38-12-6-5-7-13-38/h5-34H,1-4H3. The van der Waals surface area contributed by atoms with Crippen molar-refractivity contribution in [1.82, 2.24) is 4.98 Å². The number of nitrogens with zero attached hydrogens (tertiary/aromatic N) is 2. The molecular formula is C57H42N2S. The third-order valence-electron chi connectivity index (χ3n) is 13.5. The first-order valence-corrected chi connectivity index (χ1v) is 21.8. The number of fused-ring (bicyclic) bond motifs is 11. The van der Waals surface area contributed by atoms with E-state index in [-0.39, 0.29) is 10.8 Å². The van der Waals surface area contributed by atoms with Gasteiger partial charge < -0.3 is 4.90 Å². The van der Waals surface area contributed by atoms with Crippen molar-refractivity contribution in [3.05, 3.63) is 204 Å². The summed E-state index contributed by atoms with van der Waals surface area (Å²) in [5.41, 5.74) is 18.7. The van der Waals surface area contributed by atoms with Crippen molar-refractivity contribution in [3.63, 3.8) is 0 Å². The molecule has 3 heteroatoms. The number of benzene rings is 9. The topological polar surface area (TPSA) is 16.1 Å². The molecule has 286 valence electrons. The van der Waals surface area contributed by atoms with Gasteiger partial charge in [-0.3, -0.25) is 0 Å². The van der Waals surface area contributed by atoms with Crippen LogP contribution in [-0.2, 0) is 10.8 Å². The first kappa shape index (κ1) is 35.2. The molecule has 0 saturated heterocycles. The molecule has 9 aromatic carbocycles. The molecular weight excluding hydrogens is 745 g/mol. The molecule has 0 radical (unpaired) electrons. The fourth-order valence-electron chi connectivity index (χ4n) is 10.3. The zero-order chi connectivity index (χ0) is 40.3. The van der Waals surface area contributed by atoms with E-state index < -0.39 is 0 Å². The van der Waals surface area contributed by atoms with Crippen molar-refractivity contribution >= 4 is 60.2 Å². The van der Waals surface area contributed by atoms with Crippen LogP contribution in [-0.4, -0.2) is 4.98 Å². The molecule has 1 aromatic heterocycles. The summed E-state index contributed by atoms with van der Waals surface area (Å²) >= 11 is 1.77. The van der Waals surface area contributed by atoms with E-state index in [0.29, 0.717) is 0 Å². The predicted octanol–water partition coefficient (Wildman–Crippen LogP) is 16.0. The molecule has 12 rings (SSSR count). The molecule has 0 spiro atoms. The lowest BCUT2D eigenvalue weighted by molar-refractivity contribution is 0.660. The Hall–Kier alpha value is -6.81. The lowest BCUT2D eigenvalue weighted by atomic mass is 9.82.